The number of anilines is 1. The highest BCUT2D eigenvalue weighted by atomic mass is 35.5. The number of hydrazine groups is 1. The van der Waals surface area contributed by atoms with Gasteiger partial charge in [-0.1, -0.05) is 23.7 Å². The molecule has 0 bridgehead atoms. The van der Waals surface area contributed by atoms with Crippen LogP contribution in [-0.2, 0) is 6.61 Å². The third-order valence-electron chi connectivity index (χ3n) is 2.67. The summed E-state index contributed by atoms with van der Waals surface area (Å²) in [5, 5.41) is 2.62. The number of nitrogens with two attached hydrogens (primary N) is 1. The Balaban J connectivity index is 1.88. The normalized spacial score (nSPS) is 10.7. The lowest BCUT2D eigenvalue weighted by Gasteiger charge is -2.08. The number of ether oxygens (including phenoxy) is 1. The molecule has 0 fully saturated rings. The van der Waals surface area contributed by atoms with E-state index in [0.717, 1.165) is 15.8 Å². The molecule has 0 amide bonds. The largest absolute Gasteiger partial charge is 0.472 e. The summed E-state index contributed by atoms with van der Waals surface area (Å²) in [4.78, 5) is 8.48. The highest BCUT2D eigenvalue weighted by Crippen LogP contribution is 2.29. The molecule has 0 saturated heterocycles. The molecule has 3 aromatic rings. The molecule has 3 rings (SSSR count). The van der Waals surface area contributed by atoms with Crippen LogP contribution in [0.1, 0.15) is 5.56 Å². The van der Waals surface area contributed by atoms with Crippen molar-refractivity contribution >= 4 is 39.1 Å². The first kappa shape index (κ1) is 13.1. The minimum Gasteiger partial charge on any atom is -0.472 e. The van der Waals surface area contributed by atoms with Crippen molar-refractivity contribution in [1.29, 1.82) is 0 Å². The maximum Gasteiger partial charge on any atom is 0.241 e. The lowest BCUT2D eigenvalue weighted by molar-refractivity contribution is 0.298. The number of halogens is 1. The van der Waals surface area contributed by atoms with Crippen LogP contribution in [0, 0.1) is 0 Å². The number of hydrogen-bond donors (Lipinski definition) is 2. The van der Waals surface area contributed by atoms with Crippen LogP contribution in [0.3, 0.4) is 0 Å². The molecule has 3 N–H and O–H groups in total. The Labute approximate surface area is 124 Å². The van der Waals surface area contributed by atoms with E-state index in [2.05, 4.69) is 15.4 Å². The van der Waals surface area contributed by atoms with Crippen LogP contribution in [0.4, 0.5) is 5.95 Å². The number of fused-ring (bicyclic) bond motifs is 1. The summed E-state index contributed by atoms with van der Waals surface area (Å²) in [5.41, 5.74) is 4.22. The van der Waals surface area contributed by atoms with E-state index in [1.54, 1.807) is 0 Å². The number of benzene rings is 1. The third-order valence-corrected chi connectivity index (χ3v) is 3.79. The summed E-state index contributed by atoms with van der Waals surface area (Å²) in [6, 6.07) is 9.41. The minimum atomic E-state index is 0.331. The van der Waals surface area contributed by atoms with Crippen LogP contribution >= 0.6 is 22.9 Å². The molecular formula is C13H11ClN4OS. The van der Waals surface area contributed by atoms with Gasteiger partial charge < -0.3 is 4.74 Å². The van der Waals surface area contributed by atoms with Gasteiger partial charge in [-0.05, 0) is 29.1 Å². The van der Waals surface area contributed by atoms with Crippen molar-refractivity contribution < 1.29 is 4.74 Å². The van der Waals surface area contributed by atoms with Crippen LogP contribution in [-0.4, -0.2) is 9.97 Å². The van der Waals surface area contributed by atoms with Crippen molar-refractivity contribution in [1.82, 2.24) is 9.97 Å². The summed E-state index contributed by atoms with van der Waals surface area (Å²) in [6.07, 6.45) is 0. The molecule has 0 spiro atoms. The summed E-state index contributed by atoms with van der Waals surface area (Å²) in [6.45, 7) is 0.384. The van der Waals surface area contributed by atoms with Crippen molar-refractivity contribution in [2.75, 3.05) is 5.43 Å². The lowest BCUT2D eigenvalue weighted by atomic mass is 10.2. The van der Waals surface area contributed by atoms with E-state index in [0.29, 0.717) is 23.5 Å². The zero-order valence-corrected chi connectivity index (χ0v) is 11.9. The van der Waals surface area contributed by atoms with Gasteiger partial charge >= 0.3 is 0 Å². The summed E-state index contributed by atoms with van der Waals surface area (Å²) < 4.78 is 6.66. The Kier molecular flexibility index (Phi) is 3.68. The number of nitrogen functional groups attached to an aromatic ring is 1. The molecule has 2 aromatic heterocycles. The molecule has 0 radical (unpaired) electrons. The molecule has 0 atom stereocenters. The Morgan fingerprint density at radius 2 is 2.20 bits per heavy atom. The SMILES string of the molecule is NNc1nc(OCc2cccc(Cl)c2)c2sccc2n1. The maximum atomic E-state index is 5.95. The van der Waals surface area contributed by atoms with Gasteiger partial charge in [-0.2, -0.15) is 4.98 Å². The number of thiophene rings is 1. The van der Waals surface area contributed by atoms with Gasteiger partial charge in [-0.3, -0.25) is 5.43 Å². The zero-order valence-electron chi connectivity index (χ0n) is 10.3. The quantitative estimate of drug-likeness (QED) is 0.572. The Bertz CT molecular complexity index is 746. The van der Waals surface area contributed by atoms with E-state index in [9.17, 15) is 0 Å². The molecule has 5 nitrogen and oxygen atoms in total. The highest BCUT2D eigenvalue weighted by molar-refractivity contribution is 7.17. The van der Waals surface area contributed by atoms with Crippen LogP contribution in [0.5, 0.6) is 5.88 Å². The van der Waals surface area contributed by atoms with E-state index in [1.165, 1.54) is 11.3 Å². The second-order valence-corrected chi connectivity index (χ2v) is 5.40. The molecule has 7 heteroatoms. The summed E-state index contributed by atoms with van der Waals surface area (Å²) in [7, 11) is 0. The van der Waals surface area contributed by atoms with Crippen LogP contribution in [0.15, 0.2) is 35.7 Å². The molecule has 0 aliphatic rings. The number of hydrogen-bond acceptors (Lipinski definition) is 6. The predicted molar refractivity (Wildman–Crippen MR) is 81.0 cm³/mol. The maximum absolute atomic E-state index is 5.95. The van der Waals surface area contributed by atoms with Gasteiger partial charge in [0.2, 0.25) is 11.8 Å². The van der Waals surface area contributed by atoms with Crippen LogP contribution < -0.4 is 16.0 Å². The molecule has 0 aliphatic carbocycles. The van der Waals surface area contributed by atoms with Gasteiger partial charge in [0, 0.05) is 5.02 Å². The number of rotatable bonds is 4. The number of nitrogens with one attached hydrogen (secondary N) is 1. The van der Waals surface area contributed by atoms with Gasteiger partial charge in [0.05, 0.1) is 5.52 Å². The Hall–Kier alpha value is -1.89. The first-order valence-corrected chi connectivity index (χ1v) is 7.11. The fraction of sp³-hybridized carbons (Fsp3) is 0.0769. The lowest BCUT2D eigenvalue weighted by Crippen LogP contribution is -2.11. The smallest absolute Gasteiger partial charge is 0.241 e. The van der Waals surface area contributed by atoms with Gasteiger partial charge in [-0.25, -0.2) is 10.8 Å². The van der Waals surface area contributed by atoms with Crippen molar-refractivity contribution in [3.63, 3.8) is 0 Å². The Morgan fingerprint density at radius 1 is 1.30 bits per heavy atom. The first-order chi connectivity index (χ1) is 9.76. The molecule has 1 aromatic carbocycles. The minimum absolute atomic E-state index is 0.331. The van der Waals surface area contributed by atoms with Crippen molar-refractivity contribution in [2.24, 2.45) is 5.84 Å². The average Bonchev–Trinajstić information content (AvgIpc) is 2.93. The number of aromatic nitrogens is 2. The van der Waals surface area contributed by atoms with Crippen LogP contribution in [0.2, 0.25) is 5.02 Å². The number of nitrogens with zero attached hydrogens (tertiary/aromatic N) is 2. The van der Waals surface area contributed by atoms with Crippen molar-refractivity contribution in [3.8, 4) is 5.88 Å². The standard InChI is InChI=1S/C13H11ClN4OS/c14-9-3-1-2-8(6-9)7-19-12-11-10(4-5-20-11)16-13(17-12)18-15/h1-6H,7,15H2,(H,16,17,18). The Morgan fingerprint density at radius 3 is 3.00 bits per heavy atom. The van der Waals surface area contributed by atoms with E-state index in [-0.39, 0.29) is 0 Å². The van der Waals surface area contributed by atoms with E-state index in [4.69, 9.17) is 22.2 Å². The van der Waals surface area contributed by atoms with E-state index >= 15 is 0 Å². The average molecular weight is 307 g/mol. The van der Waals surface area contributed by atoms with Gasteiger partial charge in [0.15, 0.2) is 0 Å². The molecule has 102 valence electrons. The summed E-state index contributed by atoms with van der Waals surface area (Å²) in [5.74, 6) is 6.20. The topological polar surface area (TPSA) is 73.1 Å². The fourth-order valence-electron chi connectivity index (χ4n) is 1.78. The van der Waals surface area contributed by atoms with Gasteiger partial charge in [-0.15, -0.1) is 11.3 Å². The van der Waals surface area contributed by atoms with Crippen molar-refractivity contribution in [2.45, 2.75) is 6.61 Å². The molecular weight excluding hydrogens is 296 g/mol. The second-order valence-electron chi connectivity index (χ2n) is 4.05. The first-order valence-electron chi connectivity index (χ1n) is 5.85. The van der Waals surface area contributed by atoms with E-state index in [1.807, 2.05) is 35.7 Å². The third kappa shape index (κ3) is 2.67. The highest BCUT2D eigenvalue weighted by Gasteiger charge is 2.10. The van der Waals surface area contributed by atoms with Gasteiger partial charge in [0.25, 0.3) is 0 Å². The van der Waals surface area contributed by atoms with Gasteiger partial charge in [0.1, 0.15) is 11.3 Å². The molecule has 0 aliphatic heterocycles. The monoisotopic (exact) mass is 306 g/mol. The molecule has 0 unspecified atom stereocenters. The zero-order chi connectivity index (χ0) is 13.9. The molecule has 2 heterocycles. The fourth-order valence-corrected chi connectivity index (χ4v) is 2.76. The second kappa shape index (κ2) is 5.62. The van der Waals surface area contributed by atoms with Crippen LogP contribution in [0.25, 0.3) is 10.2 Å². The van der Waals surface area contributed by atoms with Crippen molar-refractivity contribution in [3.05, 3.63) is 46.3 Å². The molecule has 20 heavy (non-hydrogen) atoms. The predicted octanol–water partition coefficient (Wildman–Crippen LogP) is 3.21. The van der Waals surface area contributed by atoms with E-state index < -0.39 is 0 Å². The summed E-state index contributed by atoms with van der Waals surface area (Å²) >= 11 is 7.47. The molecule has 0 saturated carbocycles.